The van der Waals surface area contributed by atoms with Crippen molar-refractivity contribution in [2.45, 2.75) is 38.6 Å². The molecule has 0 saturated heterocycles. The number of aromatic hydroxyl groups is 1. The van der Waals surface area contributed by atoms with Gasteiger partial charge in [-0.1, -0.05) is 19.1 Å². The van der Waals surface area contributed by atoms with Gasteiger partial charge in [0.1, 0.15) is 5.75 Å². The molecule has 14 heavy (non-hydrogen) atoms. The maximum atomic E-state index is 9.17. The Morgan fingerprint density at radius 2 is 1.86 bits per heavy atom. The molecule has 0 heterocycles. The van der Waals surface area contributed by atoms with Gasteiger partial charge in [0.25, 0.3) is 0 Å². The number of benzene rings is 1. The van der Waals surface area contributed by atoms with E-state index in [2.05, 4.69) is 6.92 Å². The zero-order valence-corrected chi connectivity index (χ0v) is 8.90. The molecular formula is C12H19NO. The molecule has 2 heteroatoms. The third-order valence-electron chi connectivity index (χ3n) is 2.51. The Kier molecular flexibility index (Phi) is 3.96. The van der Waals surface area contributed by atoms with E-state index < -0.39 is 0 Å². The third-order valence-corrected chi connectivity index (χ3v) is 2.51. The molecule has 1 aromatic carbocycles. The molecule has 2 unspecified atom stereocenters. The summed E-state index contributed by atoms with van der Waals surface area (Å²) in [7, 11) is 0. The zero-order valence-electron chi connectivity index (χ0n) is 8.90. The monoisotopic (exact) mass is 193 g/mol. The van der Waals surface area contributed by atoms with Crippen LogP contribution in [0.1, 0.15) is 38.2 Å². The summed E-state index contributed by atoms with van der Waals surface area (Å²) in [5.74, 6) is 0.833. The first-order chi connectivity index (χ1) is 6.63. The third kappa shape index (κ3) is 3.04. The fourth-order valence-corrected chi connectivity index (χ4v) is 1.73. The molecule has 3 N–H and O–H groups in total. The summed E-state index contributed by atoms with van der Waals surface area (Å²) < 4.78 is 0. The lowest BCUT2D eigenvalue weighted by atomic mass is 9.91. The van der Waals surface area contributed by atoms with Crippen LogP contribution in [0.15, 0.2) is 24.3 Å². The Morgan fingerprint density at radius 1 is 1.29 bits per heavy atom. The SMILES string of the molecule is CCC(CC(C)N)c1ccc(O)cc1. The molecule has 0 spiro atoms. The predicted molar refractivity (Wildman–Crippen MR) is 59.4 cm³/mol. The van der Waals surface area contributed by atoms with E-state index in [0.29, 0.717) is 11.7 Å². The molecule has 0 amide bonds. The summed E-state index contributed by atoms with van der Waals surface area (Å²) in [6, 6.07) is 7.66. The highest BCUT2D eigenvalue weighted by molar-refractivity contribution is 5.28. The largest absolute Gasteiger partial charge is 0.508 e. The van der Waals surface area contributed by atoms with Gasteiger partial charge in [-0.3, -0.25) is 0 Å². The molecule has 0 radical (unpaired) electrons. The second-order valence-corrected chi connectivity index (χ2v) is 3.91. The van der Waals surface area contributed by atoms with Crippen LogP contribution in [0.25, 0.3) is 0 Å². The molecule has 0 aliphatic heterocycles. The van der Waals surface area contributed by atoms with Crippen molar-refractivity contribution in [3.8, 4) is 5.75 Å². The van der Waals surface area contributed by atoms with E-state index in [1.807, 2.05) is 19.1 Å². The van der Waals surface area contributed by atoms with Crippen LogP contribution in [-0.4, -0.2) is 11.1 Å². The van der Waals surface area contributed by atoms with Gasteiger partial charge < -0.3 is 10.8 Å². The van der Waals surface area contributed by atoms with Crippen molar-refractivity contribution in [3.05, 3.63) is 29.8 Å². The normalized spacial score (nSPS) is 15.1. The quantitative estimate of drug-likeness (QED) is 0.772. The van der Waals surface area contributed by atoms with Crippen molar-refractivity contribution in [2.75, 3.05) is 0 Å². The van der Waals surface area contributed by atoms with E-state index in [1.165, 1.54) is 5.56 Å². The standard InChI is InChI=1S/C12H19NO/c1-3-10(8-9(2)13)11-4-6-12(14)7-5-11/h4-7,9-10,14H,3,8,13H2,1-2H3. The minimum atomic E-state index is 0.230. The summed E-state index contributed by atoms with van der Waals surface area (Å²) in [6.45, 7) is 4.20. The maximum Gasteiger partial charge on any atom is 0.115 e. The molecule has 0 aliphatic carbocycles. The summed E-state index contributed by atoms with van der Waals surface area (Å²) in [5.41, 5.74) is 7.05. The molecule has 0 aromatic heterocycles. The molecule has 2 atom stereocenters. The molecular weight excluding hydrogens is 174 g/mol. The van der Waals surface area contributed by atoms with Crippen molar-refractivity contribution in [3.63, 3.8) is 0 Å². The molecule has 2 nitrogen and oxygen atoms in total. The van der Waals surface area contributed by atoms with E-state index in [1.54, 1.807) is 12.1 Å². The minimum Gasteiger partial charge on any atom is -0.508 e. The zero-order chi connectivity index (χ0) is 10.6. The van der Waals surface area contributed by atoms with Crippen LogP contribution < -0.4 is 5.73 Å². The fourth-order valence-electron chi connectivity index (χ4n) is 1.73. The molecule has 1 aromatic rings. The van der Waals surface area contributed by atoms with Crippen molar-refractivity contribution in [2.24, 2.45) is 5.73 Å². The van der Waals surface area contributed by atoms with Gasteiger partial charge in [-0.05, 0) is 43.4 Å². The van der Waals surface area contributed by atoms with E-state index >= 15 is 0 Å². The first-order valence-corrected chi connectivity index (χ1v) is 5.18. The number of phenolic OH excluding ortho intramolecular Hbond substituents is 1. The molecule has 0 fully saturated rings. The number of hydrogen-bond donors (Lipinski definition) is 2. The molecule has 0 bridgehead atoms. The average molecular weight is 193 g/mol. The Bertz CT molecular complexity index is 266. The highest BCUT2D eigenvalue weighted by Crippen LogP contribution is 2.25. The van der Waals surface area contributed by atoms with Gasteiger partial charge in [0.05, 0.1) is 0 Å². The first-order valence-electron chi connectivity index (χ1n) is 5.18. The summed E-state index contributed by atoms with van der Waals surface area (Å²) in [4.78, 5) is 0. The number of phenols is 1. The van der Waals surface area contributed by atoms with Crippen LogP contribution >= 0.6 is 0 Å². The Hall–Kier alpha value is -1.02. The second-order valence-electron chi connectivity index (χ2n) is 3.91. The van der Waals surface area contributed by atoms with Gasteiger partial charge in [0.2, 0.25) is 0 Å². The van der Waals surface area contributed by atoms with Crippen LogP contribution in [0.5, 0.6) is 5.75 Å². The summed E-state index contributed by atoms with van der Waals surface area (Å²) in [6.07, 6.45) is 2.09. The summed E-state index contributed by atoms with van der Waals surface area (Å²) in [5, 5.41) is 9.17. The van der Waals surface area contributed by atoms with Crippen molar-refractivity contribution >= 4 is 0 Å². The Labute approximate surface area is 85.8 Å². The molecule has 0 aliphatic rings. The van der Waals surface area contributed by atoms with Gasteiger partial charge in [0, 0.05) is 6.04 Å². The second kappa shape index (κ2) is 5.01. The highest BCUT2D eigenvalue weighted by atomic mass is 16.3. The Balaban J connectivity index is 2.73. The maximum absolute atomic E-state index is 9.17. The van der Waals surface area contributed by atoms with E-state index in [-0.39, 0.29) is 6.04 Å². The number of hydrogen-bond acceptors (Lipinski definition) is 2. The predicted octanol–water partition coefficient (Wildman–Crippen LogP) is 2.62. The molecule has 78 valence electrons. The number of rotatable bonds is 4. The van der Waals surface area contributed by atoms with Crippen LogP contribution in [0.2, 0.25) is 0 Å². The van der Waals surface area contributed by atoms with Crippen LogP contribution in [-0.2, 0) is 0 Å². The lowest BCUT2D eigenvalue weighted by Crippen LogP contribution is -2.18. The van der Waals surface area contributed by atoms with Crippen LogP contribution in [0, 0.1) is 0 Å². The van der Waals surface area contributed by atoms with Crippen LogP contribution in [0.4, 0.5) is 0 Å². The average Bonchev–Trinajstić information content (AvgIpc) is 2.15. The lowest BCUT2D eigenvalue weighted by Gasteiger charge is -2.17. The smallest absolute Gasteiger partial charge is 0.115 e. The van der Waals surface area contributed by atoms with E-state index in [4.69, 9.17) is 10.8 Å². The molecule has 1 rings (SSSR count). The van der Waals surface area contributed by atoms with Gasteiger partial charge in [-0.15, -0.1) is 0 Å². The Morgan fingerprint density at radius 3 is 2.29 bits per heavy atom. The topological polar surface area (TPSA) is 46.2 Å². The van der Waals surface area contributed by atoms with Gasteiger partial charge in [-0.2, -0.15) is 0 Å². The van der Waals surface area contributed by atoms with Gasteiger partial charge in [0.15, 0.2) is 0 Å². The van der Waals surface area contributed by atoms with Gasteiger partial charge >= 0.3 is 0 Å². The van der Waals surface area contributed by atoms with E-state index in [9.17, 15) is 0 Å². The highest BCUT2D eigenvalue weighted by Gasteiger charge is 2.10. The van der Waals surface area contributed by atoms with Crippen molar-refractivity contribution < 1.29 is 5.11 Å². The fraction of sp³-hybridized carbons (Fsp3) is 0.500. The van der Waals surface area contributed by atoms with Crippen molar-refractivity contribution in [1.29, 1.82) is 0 Å². The van der Waals surface area contributed by atoms with Crippen LogP contribution in [0.3, 0.4) is 0 Å². The van der Waals surface area contributed by atoms with E-state index in [0.717, 1.165) is 12.8 Å². The number of nitrogens with two attached hydrogens (primary N) is 1. The minimum absolute atomic E-state index is 0.230. The van der Waals surface area contributed by atoms with Gasteiger partial charge in [-0.25, -0.2) is 0 Å². The van der Waals surface area contributed by atoms with Crippen molar-refractivity contribution in [1.82, 2.24) is 0 Å². The summed E-state index contributed by atoms with van der Waals surface area (Å²) >= 11 is 0. The molecule has 0 saturated carbocycles. The lowest BCUT2D eigenvalue weighted by molar-refractivity contribution is 0.474. The first kappa shape index (κ1) is 11.1.